The maximum Gasteiger partial charge on any atom is 0.0844 e. The smallest absolute Gasteiger partial charge is 0.0844 e. The minimum atomic E-state index is -0.0520. The molecule has 4 nitrogen and oxygen atoms in total. The van der Waals surface area contributed by atoms with Crippen LogP contribution in [0.3, 0.4) is 0 Å². The summed E-state index contributed by atoms with van der Waals surface area (Å²) in [6.07, 6.45) is 10.9. The first kappa shape index (κ1) is 15.2. The molecule has 1 unspecified atom stereocenters. The zero-order valence-corrected chi connectivity index (χ0v) is 12.3. The van der Waals surface area contributed by atoms with E-state index in [4.69, 9.17) is 15.3 Å². The van der Waals surface area contributed by atoms with Crippen LogP contribution in [0.1, 0.15) is 57.8 Å². The number of hydrogen-bond donors (Lipinski definition) is 2. The first-order chi connectivity index (χ1) is 9.30. The molecule has 0 aromatic carbocycles. The third-order valence-electron chi connectivity index (χ3n) is 5.10. The molecule has 1 atom stereocenters. The summed E-state index contributed by atoms with van der Waals surface area (Å²) in [5, 5.41) is 0. The van der Waals surface area contributed by atoms with Gasteiger partial charge in [-0.05, 0) is 38.0 Å². The molecule has 0 amide bonds. The summed E-state index contributed by atoms with van der Waals surface area (Å²) in [5.41, 5.74) is 3.02. The van der Waals surface area contributed by atoms with Gasteiger partial charge in [0.05, 0.1) is 11.6 Å². The zero-order chi connectivity index (χ0) is 13.6. The maximum absolute atomic E-state index is 5.98. The quantitative estimate of drug-likeness (QED) is 0.457. The van der Waals surface area contributed by atoms with Crippen LogP contribution in [0.5, 0.6) is 0 Å². The van der Waals surface area contributed by atoms with E-state index in [-0.39, 0.29) is 11.6 Å². The van der Waals surface area contributed by atoms with Crippen LogP contribution >= 0.6 is 0 Å². The first-order valence-corrected chi connectivity index (χ1v) is 7.90. The molecule has 0 radical (unpaired) electrons. The largest absolute Gasteiger partial charge is 0.381 e. The van der Waals surface area contributed by atoms with Crippen LogP contribution in [0.15, 0.2) is 0 Å². The molecule has 1 aliphatic heterocycles. The van der Waals surface area contributed by atoms with E-state index >= 15 is 0 Å². The average Bonchev–Trinajstić information content (AvgIpc) is 2.72. The predicted octanol–water partition coefficient (Wildman–Crippen LogP) is 2.37. The molecule has 1 aliphatic carbocycles. The topological polar surface area (TPSA) is 56.5 Å². The van der Waals surface area contributed by atoms with E-state index in [1.807, 2.05) is 7.11 Å². The van der Waals surface area contributed by atoms with E-state index in [2.05, 4.69) is 5.43 Å². The average molecular weight is 270 g/mol. The SMILES string of the molecule is COC1(C(CC2CCOCC2)NN)CCCCCC1. The van der Waals surface area contributed by atoms with E-state index in [0.717, 1.165) is 51.2 Å². The normalized spacial score (nSPS) is 26.8. The van der Waals surface area contributed by atoms with Crippen LogP contribution in [0, 0.1) is 5.92 Å². The Morgan fingerprint density at radius 3 is 2.37 bits per heavy atom. The van der Waals surface area contributed by atoms with Crippen LogP contribution in [0.2, 0.25) is 0 Å². The van der Waals surface area contributed by atoms with Crippen LogP contribution in [-0.2, 0) is 9.47 Å². The molecule has 1 saturated heterocycles. The highest BCUT2D eigenvalue weighted by molar-refractivity contribution is 4.94. The van der Waals surface area contributed by atoms with E-state index in [9.17, 15) is 0 Å². The molecule has 2 rings (SSSR count). The van der Waals surface area contributed by atoms with E-state index in [1.54, 1.807) is 0 Å². The molecule has 0 aromatic rings. The molecule has 4 heteroatoms. The standard InChI is InChI=1S/C15H30N2O2/c1-18-15(8-4-2-3-5-9-15)14(17-16)12-13-6-10-19-11-7-13/h13-14,17H,2-12,16H2,1H3. The second kappa shape index (κ2) is 7.58. The summed E-state index contributed by atoms with van der Waals surface area (Å²) in [6, 6.07) is 0.277. The van der Waals surface area contributed by atoms with Gasteiger partial charge in [0.2, 0.25) is 0 Å². The van der Waals surface area contributed by atoms with E-state index in [1.165, 1.54) is 25.7 Å². The van der Waals surface area contributed by atoms with Gasteiger partial charge in [-0.1, -0.05) is 25.7 Å². The lowest BCUT2D eigenvalue weighted by Gasteiger charge is -2.41. The van der Waals surface area contributed by atoms with Gasteiger partial charge in [0.1, 0.15) is 0 Å². The molecule has 0 aromatic heterocycles. The van der Waals surface area contributed by atoms with Crippen molar-refractivity contribution < 1.29 is 9.47 Å². The molecular weight excluding hydrogens is 240 g/mol. The van der Waals surface area contributed by atoms with Crippen LogP contribution < -0.4 is 11.3 Å². The van der Waals surface area contributed by atoms with E-state index < -0.39 is 0 Å². The minimum Gasteiger partial charge on any atom is -0.381 e. The number of methoxy groups -OCH3 is 1. The molecule has 0 spiro atoms. The lowest BCUT2D eigenvalue weighted by Crippen LogP contribution is -2.55. The number of hydrazine groups is 1. The second-order valence-corrected chi connectivity index (χ2v) is 6.19. The fraction of sp³-hybridized carbons (Fsp3) is 1.00. The van der Waals surface area contributed by atoms with Gasteiger partial charge in [-0.15, -0.1) is 0 Å². The van der Waals surface area contributed by atoms with Gasteiger partial charge in [-0.2, -0.15) is 0 Å². The summed E-state index contributed by atoms with van der Waals surface area (Å²) >= 11 is 0. The van der Waals surface area contributed by atoms with Gasteiger partial charge in [0, 0.05) is 20.3 Å². The zero-order valence-electron chi connectivity index (χ0n) is 12.3. The molecule has 19 heavy (non-hydrogen) atoms. The van der Waals surface area contributed by atoms with Crippen LogP contribution in [0.25, 0.3) is 0 Å². The van der Waals surface area contributed by atoms with Gasteiger partial charge in [-0.25, -0.2) is 0 Å². The third kappa shape index (κ3) is 3.91. The van der Waals surface area contributed by atoms with Crippen molar-refractivity contribution in [3.05, 3.63) is 0 Å². The fourth-order valence-electron chi connectivity index (χ4n) is 3.77. The Bertz CT molecular complexity index is 247. The van der Waals surface area contributed by atoms with Crippen molar-refractivity contribution in [2.45, 2.75) is 69.4 Å². The minimum absolute atomic E-state index is 0.0520. The predicted molar refractivity (Wildman–Crippen MR) is 76.7 cm³/mol. The van der Waals surface area contributed by atoms with Crippen molar-refractivity contribution in [2.75, 3.05) is 20.3 Å². The highest BCUT2D eigenvalue weighted by Gasteiger charge is 2.39. The van der Waals surface area contributed by atoms with Gasteiger partial charge in [0.25, 0.3) is 0 Å². The number of rotatable bonds is 5. The fourth-order valence-corrected chi connectivity index (χ4v) is 3.77. The molecule has 2 aliphatic rings. The number of ether oxygens (including phenoxy) is 2. The molecule has 2 fully saturated rings. The molecule has 1 saturated carbocycles. The molecular formula is C15H30N2O2. The Morgan fingerprint density at radius 1 is 1.21 bits per heavy atom. The lowest BCUT2D eigenvalue weighted by atomic mass is 9.80. The summed E-state index contributed by atoms with van der Waals surface area (Å²) in [7, 11) is 1.86. The number of nitrogens with one attached hydrogen (secondary N) is 1. The Hall–Kier alpha value is -0.160. The Labute approximate surface area is 117 Å². The maximum atomic E-state index is 5.98. The van der Waals surface area contributed by atoms with Crippen LogP contribution in [-0.4, -0.2) is 32.0 Å². The second-order valence-electron chi connectivity index (χ2n) is 6.19. The van der Waals surface area contributed by atoms with Crippen molar-refractivity contribution >= 4 is 0 Å². The number of hydrogen-bond acceptors (Lipinski definition) is 4. The van der Waals surface area contributed by atoms with E-state index in [0.29, 0.717) is 0 Å². The van der Waals surface area contributed by atoms with Crippen molar-refractivity contribution in [1.29, 1.82) is 0 Å². The summed E-state index contributed by atoms with van der Waals surface area (Å²) < 4.78 is 11.4. The molecule has 3 N–H and O–H groups in total. The Morgan fingerprint density at radius 2 is 1.84 bits per heavy atom. The Balaban J connectivity index is 1.99. The summed E-state index contributed by atoms with van der Waals surface area (Å²) in [4.78, 5) is 0. The third-order valence-corrected chi connectivity index (χ3v) is 5.10. The lowest BCUT2D eigenvalue weighted by molar-refractivity contribution is -0.0625. The summed E-state index contributed by atoms with van der Waals surface area (Å²) in [5.74, 6) is 6.60. The van der Waals surface area contributed by atoms with Gasteiger partial charge in [0.15, 0.2) is 0 Å². The first-order valence-electron chi connectivity index (χ1n) is 7.90. The van der Waals surface area contributed by atoms with Gasteiger partial charge in [-0.3, -0.25) is 11.3 Å². The molecule has 1 heterocycles. The van der Waals surface area contributed by atoms with Crippen molar-refractivity contribution in [1.82, 2.24) is 5.43 Å². The summed E-state index contributed by atoms with van der Waals surface area (Å²) in [6.45, 7) is 1.81. The molecule has 112 valence electrons. The number of nitrogens with two attached hydrogens (primary N) is 1. The van der Waals surface area contributed by atoms with Crippen molar-refractivity contribution in [2.24, 2.45) is 11.8 Å². The van der Waals surface area contributed by atoms with Crippen LogP contribution in [0.4, 0.5) is 0 Å². The van der Waals surface area contributed by atoms with Gasteiger partial charge < -0.3 is 9.47 Å². The van der Waals surface area contributed by atoms with Crippen molar-refractivity contribution in [3.63, 3.8) is 0 Å². The highest BCUT2D eigenvalue weighted by Crippen LogP contribution is 2.36. The highest BCUT2D eigenvalue weighted by atomic mass is 16.5. The van der Waals surface area contributed by atoms with Crippen molar-refractivity contribution in [3.8, 4) is 0 Å². The van der Waals surface area contributed by atoms with Gasteiger partial charge >= 0.3 is 0 Å². The molecule has 0 bridgehead atoms. The monoisotopic (exact) mass is 270 g/mol. The Kier molecular flexibility index (Phi) is 6.07.